The molecule has 0 aliphatic heterocycles. The Kier molecular flexibility index (Phi) is 3.42. The van der Waals surface area contributed by atoms with Gasteiger partial charge in [0.05, 0.1) is 0 Å². The molecule has 0 atom stereocenters. The van der Waals surface area contributed by atoms with Gasteiger partial charge in [0.2, 0.25) is 0 Å². The van der Waals surface area contributed by atoms with Gasteiger partial charge in [-0.15, -0.1) is 0 Å². The summed E-state index contributed by atoms with van der Waals surface area (Å²) in [5.41, 5.74) is 2.84. The van der Waals surface area contributed by atoms with Crippen molar-refractivity contribution in [1.29, 1.82) is 0 Å². The normalized spacial score (nSPS) is 17.9. The highest BCUT2D eigenvalue weighted by Crippen LogP contribution is 2.36. The molecule has 0 radical (unpaired) electrons. The van der Waals surface area contributed by atoms with Crippen LogP contribution in [0.1, 0.15) is 51.0 Å². The first-order valence-electron chi connectivity index (χ1n) is 8.43. The van der Waals surface area contributed by atoms with Gasteiger partial charge in [-0.3, -0.25) is 0 Å². The third-order valence-electron chi connectivity index (χ3n) is 5.06. The zero-order valence-corrected chi connectivity index (χ0v) is 12.6. The Balaban J connectivity index is 1.92. The van der Waals surface area contributed by atoms with E-state index in [0.29, 0.717) is 6.04 Å². The Morgan fingerprint density at radius 3 is 1.67 bits per heavy atom. The van der Waals surface area contributed by atoms with Crippen LogP contribution in [0.15, 0.2) is 48.5 Å². The first-order valence-corrected chi connectivity index (χ1v) is 8.43. The van der Waals surface area contributed by atoms with E-state index in [1.54, 1.807) is 0 Å². The van der Waals surface area contributed by atoms with Crippen molar-refractivity contribution in [3.05, 3.63) is 48.5 Å². The van der Waals surface area contributed by atoms with Crippen molar-refractivity contribution in [2.45, 2.75) is 51.0 Å². The number of hydrogen-bond acceptors (Lipinski definition) is 0. The molecule has 0 N–H and O–H groups in total. The van der Waals surface area contributed by atoms with Crippen LogP contribution in [0.4, 0.5) is 0 Å². The van der Waals surface area contributed by atoms with Crippen molar-refractivity contribution in [3.63, 3.8) is 0 Å². The van der Waals surface area contributed by atoms with Gasteiger partial charge >= 0.3 is 0 Å². The largest absolute Gasteiger partial charge is 0.337 e. The molecule has 0 amide bonds. The minimum absolute atomic E-state index is 0.676. The van der Waals surface area contributed by atoms with E-state index in [2.05, 4.69) is 53.1 Å². The molecule has 4 rings (SSSR count). The lowest BCUT2D eigenvalue weighted by Gasteiger charge is -2.23. The number of hydrogen-bond donors (Lipinski definition) is 0. The van der Waals surface area contributed by atoms with Crippen LogP contribution in [0.3, 0.4) is 0 Å². The summed E-state index contributed by atoms with van der Waals surface area (Å²) >= 11 is 0. The van der Waals surface area contributed by atoms with Crippen molar-refractivity contribution in [2.75, 3.05) is 0 Å². The Morgan fingerprint density at radius 1 is 0.619 bits per heavy atom. The Hall–Kier alpha value is -1.76. The van der Waals surface area contributed by atoms with Crippen molar-refractivity contribution < 1.29 is 0 Å². The fraction of sp³-hybridized carbons (Fsp3) is 0.400. The number of para-hydroxylation sites is 2. The minimum Gasteiger partial charge on any atom is -0.337 e. The molecule has 1 nitrogen and oxygen atoms in total. The predicted octanol–water partition coefficient (Wildman–Crippen LogP) is 6.08. The maximum atomic E-state index is 2.63. The second kappa shape index (κ2) is 5.55. The third kappa shape index (κ3) is 2.25. The number of fused-ring (bicyclic) bond motifs is 3. The van der Waals surface area contributed by atoms with Gasteiger partial charge in [0.15, 0.2) is 0 Å². The Morgan fingerprint density at radius 2 is 1.10 bits per heavy atom. The van der Waals surface area contributed by atoms with E-state index in [1.165, 1.54) is 66.8 Å². The van der Waals surface area contributed by atoms with Gasteiger partial charge in [-0.1, -0.05) is 68.5 Å². The first kappa shape index (κ1) is 12.9. The SMILES string of the molecule is c1ccc2c(c1)c1ccccc1n2C1CCCCCCC1. The van der Waals surface area contributed by atoms with Crippen molar-refractivity contribution in [2.24, 2.45) is 0 Å². The predicted molar refractivity (Wildman–Crippen MR) is 90.8 cm³/mol. The van der Waals surface area contributed by atoms with Gasteiger partial charge in [-0.25, -0.2) is 0 Å². The molecule has 0 spiro atoms. The van der Waals surface area contributed by atoms with Gasteiger partial charge in [0.1, 0.15) is 0 Å². The highest BCUT2D eigenvalue weighted by molar-refractivity contribution is 6.08. The lowest BCUT2D eigenvalue weighted by molar-refractivity contribution is 0.386. The van der Waals surface area contributed by atoms with Crippen LogP contribution in [0.2, 0.25) is 0 Å². The summed E-state index contributed by atoms with van der Waals surface area (Å²) in [6, 6.07) is 18.5. The van der Waals surface area contributed by atoms with Crippen LogP contribution in [-0.2, 0) is 0 Å². The van der Waals surface area contributed by atoms with Gasteiger partial charge in [-0.05, 0) is 25.0 Å². The van der Waals surface area contributed by atoms with Crippen molar-refractivity contribution in [3.8, 4) is 0 Å². The number of rotatable bonds is 1. The molecule has 1 heterocycles. The fourth-order valence-electron chi connectivity index (χ4n) is 4.04. The van der Waals surface area contributed by atoms with Crippen LogP contribution in [0, 0.1) is 0 Å². The van der Waals surface area contributed by atoms with Crippen LogP contribution < -0.4 is 0 Å². The molecule has 108 valence electrons. The third-order valence-corrected chi connectivity index (χ3v) is 5.06. The average Bonchev–Trinajstić information content (AvgIpc) is 2.82. The molecule has 2 aromatic carbocycles. The van der Waals surface area contributed by atoms with E-state index in [-0.39, 0.29) is 0 Å². The quantitative estimate of drug-likeness (QED) is 0.508. The van der Waals surface area contributed by atoms with E-state index in [4.69, 9.17) is 0 Å². The van der Waals surface area contributed by atoms with Crippen LogP contribution in [0.5, 0.6) is 0 Å². The molecule has 0 unspecified atom stereocenters. The van der Waals surface area contributed by atoms with Gasteiger partial charge < -0.3 is 4.57 Å². The van der Waals surface area contributed by atoms with E-state index in [1.807, 2.05) is 0 Å². The second-order valence-corrected chi connectivity index (χ2v) is 6.40. The molecule has 21 heavy (non-hydrogen) atoms. The smallest absolute Gasteiger partial charge is 0.0493 e. The van der Waals surface area contributed by atoms with Gasteiger partial charge in [-0.2, -0.15) is 0 Å². The van der Waals surface area contributed by atoms with Gasteiger partial charge in [0.25, 0.3) is 0 Å². The molecular weight excluding hydrogens is 254 g/mol. The monoisotopic (exact) mass is 277 g/mol. The summed E-state index contributed by atoms with van der Waals surface area (Å²) in [5, 5.41) is 2.82. The zero-order chi connectivity index (χ0) is 14.1. The summed E-state index contributed by atoms with van der Waals surface area (Å²) in [6.07, 6.45) is 9.68. The molecule has 1 fully saturated rings. The summed E-state index contributed by atoms with van der Waals surface area (Å²) in [4.78, 5) is 0. The topological polar surface area (TPSA) is 4.93 Å². The zero-order valence-electron chi connectivity index (χ0n) is 12.6. The van der Waals surface area contributed by atoms with E-state index >= 15 is 0 Å². The Labute approximate surface area is 126 Å². The first-order chi connectivity index (χ1) is 10.4. The molecule has 1 heteroatoms. The van der Waals surface area contributed by atoms with E-state index in [9.17, 15) is 0 Å². The van der Waals surface area contributed by atoms with Crippen molar-refractivity contribution >= 4 is 21.8 Å². The van der Waals surface area contributed by atoms with Gasteiger partial charge in [0, 0.05) is 27.8 Å². The number of benzene rings is 2. The van der Waals surface area contributed by atoms with E-state index in [0.717, 1.165) is 0 Å². The van der Waals surface area contributed by atoms with Crippen LogP contribution in [0.25, 0.3) is 21.8 Å². The molecule has 1 aromatic heterocycles. The summed E-state index contributed by atoms with van der Waals surface area (Å²) < 4.78 is 2.63. The van der Waals surface area contributed by atoms with Crippen LogP contribution >= 0.6 is 0 Å². The molecule has 0 bridgehead atoms. The minimum atomic E-state index is 0.676. The summed E-state index contributed by atoms with van der Waals surface area (Å²) in [5.74, 6) is 0. The molecule has 1 aliphatic carbocycles. The summed E-state index contributed by atoms with van der Waals surface area (Å²) in [6.45, 7) is 0. The molecule has 1 aliphatic rings. The molecule has 0 saturated heterocycles. The Bertz CT molecular complexity index is 691. The maximum absolute atomic E-state index is 2.63. The highest BCUT2D eigenvalue weighted by atomic mass is 15.0. The lowest BCUT2D eigenvalue weighted by atomic mass is 9.96. The van der Waals surface area contributed by atoms with E-state index < -0.39 is 0 Å². The fourth-order valence-corrected chi connectivity index (χ4v) is 4.04. The standard InChI is InChI=1S/C20H23N/c1-2-4-10-16(11-5-3-1)21-19-14-8-6-12-17(19)18-13-7-9-15-20(18)21/h6-9,12-16H,1-5,10-11H2. The van der Waals surface area contributed by atoms with Crippen LogP contribution in [-0.4, -0.2) is 4.57 Å². The van der Waals surface area contributed by atoms with Crippen molar-refractivity contribution in [1.82, 2.24) is 4.57 Å². The molecule has 1 saturated carbocycles. The number of nitrogens with zero attached hydrogens (tertiary/aromatic N) is 1. The second-order valence-electron chi connectivity index (χ2n) is 6.40. The maximum Gasteiger partial charge on any atom is 0.0493 e. The lowest BCUT2D eigenvalue weighted by Crippen LogP contribution is -2.10. The summed E-state index contributed by atoms with van der Waals surface area (Å²) in [7, 11) is 0. The average molecular weight is 277 g/mol. The molecular formula is C20H23N. The highest BCUT2D eigenvalue weighted by Gasteiger charge is 2.18. The number of aromatic nitrogens is 1. The molecule has 3 aromatic rings.